The average Bonchev–Trinajstić information content (AvgIpc) is 2.54. The number of carbonyl (C=O) groups is 1. The van der Waals surface area contributed by atoms with Crippen molar-refractivity contribution in [2.45, 2.75) is 18.9 Å². The van der Waals surface area contributed by atoms with Crippen molar-refractivity contribution in [3.8, 4) is 5.75 Å². The van der Waals surface area contributed by atoms with E-state index in [2.05, 4.69) is 16.7 Å². The van der Waals surface area contributed by atoms with Gasteiger partial charge in [0.1, 0.15) is 5.75 Å². The van der Waals surface area contributed by atoms with E-state index in [9.17, 15) is 4.79 Å². The van der Waals surface area contributed by atoms with E-state index < -0.39 is 0 Å². The van der Waals surface area contributed by atoms with Crippen LogP contribution in [-0.4, -0.2) is 31.6 Å². The summed E-state index contributed by atoms with van der Waals surface area (Å²) in [7, 11) is 0. The van der Waals surface area contributed by atoms with Gasteiger partial charge in [-0.15, -0.1) is 12.4 Å². The molecule has 5 heteroatoms. The second-order valence-electron chi connectivity index (χ2n) is 5.41. The molecule has 2 aromatic rings. The third-order valence-corrected chi connectivity index (χ3v) is 3.75. The van der Waals surface area contributed by atoms with Gasteiger partial charge in [0, 0.05) is 12.6 Å². The number of fused-ring (bicyclic) bond motifs is 1. The van der Waals surface area contributed by atoms with Crippen LogP contribution in [0.1, 0.15) is 12.8 Å². The van der Waals surface area contributed by atoms with Crippen LogP contribution in [0.3, 0.4) is 0 Å². The first-order valence-electron chi connectivity index (χ1n) is 7.43. The van der Waals surface area contributed by atoms with Crippen LogP contribution in [0.15, 0.2) is 42.5 Å². The highest BCUT2D eigenvalue weighted by atomic mass is 35.5. The Balaban J connectivity index is 0.00000176. The molecule has 0 radical (unpaired) electrons. The molecule has 4 nitrogen and oxygen atoms in total. The van der Waals surface area contributed by atoms with Crippen LogP contribution in [0.5, 0.6) is 5.75 Å². The normalized spacial score (nSPS) is 17.5. The molecule has 0 saturated carbocycles. The van der Waals surface area contributed by atoms with Gasteiger partial charge in [0.05, 0.1) is 0 Å². The fourth-order valence-electron chi connectivity index (χ4n) is 2.65. The largest absolute Gasteiger partial charge is 0.484 e. The predicted molar refractivity (Wildman–Crippen MR) is 90.7 cm³/mol. The van der Waals surface area contributed by atoms with Crippen LogP contribution in [-0.2, 0) is 4.79 Å². The van der Waals surface area contributed by atoms with Gasteiger partial charge in [-0.25, -0.2) is 0 Å². The van der Waals surface area contributed by atoms with E-state index in [0.29, 0.717) is 0 Å². The van der Waals surface area contributed by atoms with E-state index in [-0.39, 0.29) is 31.0 Å². The maximum Gasteiger partial charge on any atom is 0.258 e. The van der Waals surface area contributed by atoms with Gasteiger partial charge in [-0.1, -0.05) is 30.3 Å². The molecule has 1 aliphatic heterocycles. The van der Waals surface area contributed by atoms with Crippen molar-refractivity contribution in [3.05, 3.63) is 42.5 Å². The van der Waals surface area contributed by atoms with Crippen LogP contribution < -0.4 is 15.4 Å². The van der Waals surface area contributed by atoms with Gasteiger partial charge in [0.2, 0.25) is 0 Å². The summed E-state index contributed by atoms with van der Waals surface area (Å²) in [6.07, 6.45) is 2.14. The van der Waals surface area contributed by atoms with E-state index in [4.69, 9.17) is 4.74 Å². The molecule has 1 amide bonds. The van der Waals surface area contributed by atoms with E-state index in [0.717, 1.165) is 37.1 Å². The number of nitrogens with one attached hydrogen (secondary N) is 2. The lowest BCUT2D eigenvalue weighted by atomic mass is 10.1. The summed E-state index contributed by atoms with van der Waals surface area (Å²) in [4.78, 5) is 11.9. The fraction of sp³-hybridized carbons (Fsp3) is 0.353. The summed E-state index contributed by atoms with van der Waals surface area (Å²) in [6, 6.07) is 14.2. The van der Waals surface area contributed by atoms with Crippen molar-refractivity contribution in [1.29, 1.82) is 0 Å². The number of hydrogen-bond acceptors (Lipinski definition) is 3. The quantitative estimate of drug-likeness (QED) is 0.910. The van der Waals surface area contributed by atoms with Gasteiger partial charge in [0.25, 0.3) is 5.91 Å². The molecule has 0 bridgehead atoms. The number of hydrogen-bond donors (Lipinski definition) is 2. The number of rotatable bonds is 4. The molecule has 2 aromatic carbocycles. The fourth-order valence-corrected chi connectivity index (χ4v) is 2.65. The molecule has 1 saturated heterocycles. The van der Waals surface area contributed by atoms with Gasteiger partial charge in [-0.3, -0.25) is 4.79 Å². The summed E-state index contributed by atoms with van der Waals surface area (Å²) < 4.78 is 5.58. The summed E-state index contributed by atoms with van der Waals surface area (Å²) in [5.74, 6) is 0.669. The molecule has 1 fully saturated rings. The Morgan fingerprint density at radius 1 is 1.23 bits per heavy atom. The maximum atomic E-state index is 11.9. The molecule has 1 aliphatic rings. The lowest BCUT2D eigenvalue weighted by molar-refractivity contribution is -0.123. The Bertz CT molecular complexity index is 627. The van der Waals surface area contributed by atoms with Gasteiger partial charge in [0.15, 0.2) is 6.61 Å². The molecule has 0 aliphatic carbocycles. The lowest BCUT2D eigenvalue weighted by Gasteiger charge is -2.23. The standard InChI is InChI=1S/C17H20N2O2.ClH/c20-17(19-15-6-3-9-18-11-15)12-21-16-8-7-13-4-1-2-5-14(13)10-16;/h1-2,4-5,7-8,10,15,18H,3,6,9,11-12H2,(H,19,20);1H. The maximum absolute atomic E-state index is 11.9. The highest BCUT2D eigenvalue weighted by Gasteiger charge is 2.15. The number of halogens is 1. The zero-order valence-corrected chi connectivity index (χ0v) is 13.2. The van der Waals surface area contributed by atoms with Crippen molar-refractivity contribution in [3.63, 3.8) is 0 Å². The van der Waals surface area contributed by atoms with Crippen LogP contribution in [0.25, 0.3) is 10.8 Å². The van der Waals surface area contributed by atoms with Crippen LogP contribution in [0.4, 0.5) is 0 Å². The Morgan fingerprint density at radius 2 is 2.05 bits per heavy atom. The number of carbonyl (C=O) groups excluding carboxylic acids is 1. The van der Waals surface area contributed by atoms with Gasteiger partial charge in [-0.2, -0.15) is 0 Å². The number of ether oxygens (including phenoxy) is 1. The minimum absolute atomic E-state index is 0. The number of benzene rings is 2. The Morgan fingerprint density at radius 3 is 2.82 bits per heavy atom. The van der Waals surface area contributed by atoms with Gasteiger partial charge >= 0.3 is 0 Å². The van der Waals surface area contributed by atoms with Crippen molar-refractivity contribution < 1.29 is 9.53 Å². The van der Waals surface area contributed by atoms with E-state index in [1.54, 1.807) is 0 Å². The second-order valence-corrected chi connectivity index (χ2v) is 5.41. The highest BCUT2D eigenvalue weighted by molar-refractivity contribution is 5.85. The SMILES string of the molecule is Cl.O=C(COc1ccc2ccccc2c1)NC1CCCNC1. The second kappa shape index (κ2) is 8.01. The zero-order valence-electron chi connectivity index (χ0n) is 12.4. The molecule has 118 valence electrons. The van der Waals surface area contributed by atoms with Crippen LogP contribution >= 0.6 is 12.4 Å². The molecule has 1 atom stereocenters. The van der Waals surface area contributed by atoms with E-state index in [1.807, 2.05) is 36.4 Å². The van der Waals surface area contributed by atoms with Crippen molar-refractivity contribution in [2.24, 2.45) is 0 Å². The summed E-state index contributed by atoms with van der Waals surface area (Å²) in [5.41, 5.74) is 0. The van der Waals surface area contributed by atoms with Gasteiger partial charge in [-0.05, 0) is 42.3 Å². The van der Waals surface area contributed by atoms with Gasteiger partial charge < -0.3 is 15.4 Å². The Labute approximate surface area is 136 Å². The first-order chi connectivity index (χ1) is 10.3. The smallest absolute Gasteiger partial charge is 0.258 e. The first kappa shape index (κ1) is 16.6. The topological polar surface area (TPSA) is 50.4 Å². The molecule has 0 spiro atoms. The molecule has 2 N–H and O–H groups in total. The minimum Gasteiger partial charge on any atom is -0.484 e. The summed E-state index contributed by atoms with van der Waals surface area (Å²) >= 11 is 0. The molecule has 0 aromatic heterocycles. The molecular weight excluding hydrogens is 300 g/mol. The number of piperidine rings is 1. The Hall–Kier alpha value is -1.78. The van der Waals surface area contributed by atoms with Crippen molar-refractivity contribution in [1.82, 2.24) is 10.6 Å². The average molecular weight is 321 g/mol. The third-order valence-electron chi connectivity index (χ3n) is 3.75. The van der Waals surface area contributed by atoms with Crippen LogP contribution in [0.2, 0.25) is 0 Å². The highest BCUT2D eigenvalue weighted by Crippen LogP contribution is 2.20. The molecule has 22 heavy (non-hydrogen) atoms. The third kappa shape index (κ3) is 4.36. The Kier molecular flexibility index (Phi) is 6.04. The van der Waals surface area contributed by atoms with Crippen molar-refractivity contribution >= 4 is 29.1 Å². The van der Waals surface area contributed by atoms with E-state index >= 15 is 0 Å². The molecule has 3 rings (SSSR count). The molecule has 1 heterocycles. The van der Waals surface area contributed by atoms with E-state index in [1.165, 1.54) is 5.39 Å². The van der Waals surface area contributed by atoms with Crippen LogP contribution in [0, 0.1) is 0 Å². The number of amides is 1. The summed E-state index contributed by atoms with van der Waals surface area (Å²) in [6.45, 7) is 1.95. The lowest BCUT2D eigenvalue weighted by Crippen LogP contribution is -2.46. The minimum atomic E-state index is -0.0585. The zero-order chi connectivity index (χ0) is 14.5. The molecular formula is C17H21ClN2O2. The monoisotopic (exact) mass is 320 g/mol. The first-order valence-corrected chi connectivity index (χ1v) is 7.43. The predicted octanol–water partition coefficient (Wildman–Crippen LogP) is 2.51. The molecule has 1 unspecified atom stereocenters. The summed E-state index contributed by atoms with van der Waals surface area (Å²) in [5, 5.41) is 8.56. The van der Waals surface area contributed by atoms with Crippen molar-refractivity contribution in [2.75, 3.05) is 19.7 Å².